The van der Waals surface area contributed by atoms with E-state index in [1.54, 1.807) is 37.3 Å². The largest absolute Gasteiger partial charge is 0.490 e. The van der Waals surface area contributed by atoms with Crippen molar-refractivity contribution in [2.45, 2.75) is 13.3 Å². The van der Waals surface area contributed by atoms with Crippen LogP contribution in [0.5, 0.6) is 5.75 Å². The molecule has 0 atom stereocenters. The van der Waals surface area contributed by atoms with Gasteiger partial charge in [0.15, 0.2) is 11.6 Å². The molecule has 0 saturated carbocycles. The molecule has 3 rings (SSSR count). The number of para-hydroxylation sites is 1. The predicted molar refractivity (Wildman–Crippen MR) is 95.3 cm³/mol. The molecule has 0 spiro atoms. The van der Waals surface area contributed by atoms with Crippen LogP contribution >= 0.6 is 0 Å². The zero-order chi connectivity index (χ0) is 18.5. The Kier molecular flexibility index (Phi) is 5.41. The lowest BCUT2D eigenvalue weighted by atomic mass is 10.1. The number of amides is 1. The van der Waals surface area contributed by atoms with Crippen molar-refractivity contribution in [1.82, 2.24) is 10.3 Å². The van der Waals surface area contributed by atoms with Crippen LogP contribution in [0, 0.1) is 18.6 Å². The van der Waals surface area contributed by atoms with Crippen LogP contribution in [-0.4, -0.2) is 24.0 Å². The van der Waals surface area contributed by atoms with Gasteiger partial charge in [0, 0.05) is 11.9 Å². The molecule has 0 aliphatic carbocycles. The summed E-state index contributed by atoms with van der Waals surface area (Å²) in [5.74, 6) is -0.885. The van der Waals surface area contributed by atoms with Gasteiger partial charge in [-0.1, -0.05) is 12.1 Å². The number of fused-ring (bicyclic) bond motifs is 1. The van der Waals surface area contributed by atoms with Crippen molar-refractivity contribution in [1.29, 1.82) is 0 Å². The molecule has 4 nitrogen and oxygen atoms in total. The van der Waals surface area contributed by atoms with Crippen LogP contribution in [0.15, 0.2) is 48.5 Å². The third-order valence-corrected chi connectivity index (χ3v) is 3.91. The molecule has 0 bridgehead atoms. The summed E-state index contributed by atoms with van der Waals surface area (Å²) >= 11 is 0. The van der Waals surface area contributed by atoms with Crippen LogP contribution in [0.2, 0.25) is 0 Å². The molecule has 0 saturated heterocycles. The van der Waals surface area contributed by atoms with E-state index in [2.05, 4.69) is 10.3 Å². The minimum atomic E-state index is -0.415. The van der Waals surface area contributed by atoms with Crippen molar-refractivity contribution in [3.63, 3.8) is 0 Å². The van der Waals surface area contributed by atoms with Crippen LogP contribution in [-0.2, 0) is 0 Å². The normalized spacial score (nSPS) is 10.7. The summed E-state index contributed by atoms with van der Waals surface area (Å²) in [5.41, 5.74) is 1.61. The molecule has 3 aromatic rings. The summed E-state index contributed by atoms with van der Waals surface area (Å²) in [5, 5.41) is 3.35. The van der Waals surface area contributed by atoms with E-state index in [1.807, 2.05) is 0 Å². The molecule has 26 heavy (non-hydrogen) atoms. The second kappa shape index (κ2) is 7.91. The third-order valence-electron chi connectivity index (χ3n) is 3.91. The quantitative estimate of drug-likeness (QED) is 0.679. The topological polar surface area (TPSA) is 51.2 Å². The number of nitrogens with one attached hydrogen (secondary N) is 1. The Labute approximate surface area is 149 Å². The number of aromatic nitrogens is 1. The third kappa shape index (κ3) is 4.14. The molecule has 1 aromatic heterocycles. The zero-order valence-electron chi connectivity index (χ0n) is 14.3. The van der Waals surface area contributed by atoms with Gasteiger partial charge < -0.3 is 10.1 Å². The highest BCUT2D eigenvalue weighted by Gasteiger charge is 2.11. The zero-order valence-corrected chi connectivity index (χ0v) is 14.3. The molecule has 0 radical (unpaired) electrons. The van der Waals surface area contributed by atoms with Gasteiger partial charge >= 0.3 is 0 Å². The molecule has 1 N–H and O–H groups in total. The van der Waals surface area contributed by atoms with Crippen molar-refractivity contribution in [3.8, 4) is 5.75 Å². The molecule has 1 heterocycles. The van der Waals surface area contributed by atoms with E-state index in [4.69, 9.17) is 4.74 Å². The summed E-state index contributed by atoms with van der Waals surface area (Å²) in [6.07, 6.45) is 0.523. The fraction of sp³-hybridized carbons (Fsp3) is 0.200. The van der Waals surface area contributed by atoms with E-state index in [1.165, 1.54) is 18.2 Å². The summed E-state index contributed by atoms with van der Waals surface area (Å²) in [6.45, 7) is 2.38. The Morgan fingerprint density at radius 1 is 1.15 bits per heavy atom. The Balaban J connectivity index is 1.56. The minimum absolute atomic E-state index is 0.190. The molecule has 6 heteroatoms. The van der Waals surface area contributed by atoms with Crippen LogP contribution < -0.4 is 10.1 Å². The lowest BCUT2D eigenvalue weighted by Crippen LogP contribution is -2.26. The van der Waals surface area contributed by atoms with Gasteiger partial charge in [-0.05, 0) is 49.7 Å². The number of carbonyl (C=O) groups excluding carboxylic acids is 1. The number of rotatable bonds is 6. The lowest BCUT2D eigenvalue weighted by molar-refractivity contribution is 0.0950. The van der Waals surface area contributed by atoms with E-state index in [0.717, 1.165) is 0 Å². The fourth-order valence-electron chi connectivity index (χ4n) is 2.59. The number of hydrogen-bond acceptors (Lipinski definition) is 3. The first-order valence-corrected chi connectivity index (χ1v) is 8.27. The smallest absolute Gasteiger partial charge is 0.253 e. The number of aryl methyl sites for hydroxylation is 1. The molecule has 0 aliphatic rings. The first-order chi connectivity index (χ1) is 12.5. The van der Waals surface area contributed by atoms with Crippen molar-refractivity contribution in [2.24, 2.45) is 0 Å². The van der Waals surface area contributed by atoms with Crippen molar-refractivity contribution < 1.29 is 18.3 Å². The van der Waals surface area contributed by atoms with Crippen molar-refractivity contribution >= 4 is 16.8 Å². The molecule has 0 aliphatic heterocycles. The molecular weight excluding hydrogens is 338 g/mol. The van der Waals surface area contributed by atoms with Crippen LogP contribution in [0.25, 0.3) is 10.9 Å². The Hall–Kier alpha value is -3.02. The van der Waals surface area contributed by atoms with Crippen molar-refractivity contribution in [3.05, 3.63) is 71.4 Å². The first kappa shape index (κ1) is 17.8. The molecule has 1 amide bonds. The predicted octanol–water partition coefficient (Wildman–Crippen LogP) is 4.02. The number of benzene rings is 2. The standard InChI is InChI=1S/C20H18F2N2O2/c1-13-16(12-14-11-15(21)7-8-18(14)24-13)20(25)23-9-4-10-26-19-6-3-2-5-17(19)22/h2-3,5-8,11-12H,4,9-10H2,1H3,(H,23,25). The number of carbonyl (C=O) groups is 1. The molecule has 134 valence electrons. The van der Waals surface area contributed by atoms with Gasteiger partial charge in [0.1, 0.15) is 5.82 Å². The average Bonchev–Trinajstić information content (AvgIpc) is 2.62. The monoisotopic (exact) mass is 356 g/mol. The number of pyridine rings is 1. The van der Waals surface area contributed by atoms with Crippen LogP contribution in [0.1, 0.15) is 22.5 Å². The Morgan fingerprint density at radius 2 is 1.96 bits per heavy atom. The first-order valence-electron chi connectivity index (χ1n) is 8.27. The van der Waals surface area contributed by atoms with Gasteiger partial charge in [-0.3, -0.25) is 9.78 Å². The summed E-state index contributed by atoms with van der Waals surface area (Å²) in [4.78, 5) is 16.7. The molecular formula is C20H18F2N2O2. The Morgan fingerprint density at radius 3 is 2.77 bits per heavy atom. The number of halogens is 2. The van der Waals surface area contributed by atoms with Gasteiger partial charge in [-0.15, -0.1) is 0 Å². The summed E-state index contributed by atoms with van der Waals surface area (Å²) < 4.78 is 32.1. The highest BCUT2D eigenvalue weighted by molar-refractivity contribution is 5.98. The van der Waals surface area contributed by atoms with E-state index in [-0.39, 0.29) is 24.1 Å². The number of ether oxygens (including phenoxy) is 1. The van der Waals surface area contributed by atoms with E-state index < -0.39 is 5.82 Å². The second-order valence-corrected chi connectivity index (χ2v) is 5.85. The van der Waals surface area contributed by atoms with Crippen LogP contribution in [0.4, 0.5) is 8.78 Å². The molecule has 0 unspecified atom stereocenters. The van der Waals surface area contributed by atoms with E-state index in [9.17, 15) is 13.6 Å². The van der Waals surface area contributed by atoms with Gasteiger partial charge in [-0.2, -0.15) is 0 Å². The van der Waals surface area contributed by atoms with Gasteiger partial charge in [0.05, 0.1) is 23.4 Å². The van der Waals surface area contributed by atoms with Gasteiger partial charge in [-0.25, -0.2) is 8.78 Å². The van der Waals surface area contributed by atoms with E-state index in [0.29, 0.717) is 35.1 Å². The summed E-state index contributed by atoms with van der Waals surface area (Å²) in [7, 11) is 0. The molecule has 0 fully saturated rings. The molecule has 2 aromatic carbocycles. The fourth-order valence-corrected chi connectivity index (χ4v) is 2.59. The number of hydrogen-bond donors (Lipinski definition) is 1. The maximum absolute atomic E-state index is 13.4. The van der Waals surface area contributed by atoms with Gasteiger partial charge in [0.2, 0.25) is 0 Å². The van der Waals surface area contributed by atoms with Crippen LogP contribution in [0.3, 0.4) is 0 Å². The summed E-state index contributed by atoms with van der Waals surface area (Å²) in [6, 6.07) is 12.1. The lowest BCUT2D eigenvalue weighted by Gasteiger charge is -2.10. The SMILES string of the molecule is Cc1nc2ccc(F)cc2cc1C(=O)NCCCOc1ccccc1F. The van der Waals surface area contributed by atoms with E-state index >= 15 is 0 Å². The second-order valence-electron chi connectivity index (χ2n) is 5.85. The van der Waals surface area contributed by atoms with Gasteiger partial charge in [0.25, 0.3) is 5.91 Å². The highest BCUT2D eigenvalue weighted by atomic mass is 19.1. The number of nitrogens with zero attached hydrogens (tertiary/aromatic N) is 1. The maximum Gasteiger partial charge on any atom is 0.253 e. The highest BCUT2D eigenvalue weighted by Crippen LogP contribution is 2.18. The Bertz CT molecular complexity index is 944. The maximum atomic E-state index is 13.4. The minimum Gasteiger partial charge on any atom is -0.490 e. The average molecular weight is 356 g/mol. The van der Waals surface area contributed by atoms with Crippen molar-refractivity contribution in [2.75, 3.05) is 13.2 Å².